The van der Waals surface area contributed by atoms with Gasteiger partial charge >= 0.3 is 11.9 Å². The van der Waals surface area contributed by atoms with E-state index >= 15 is 0 Å². The Morgan fingerprint density at radius 1 is 1.23 bits per heavy atom. The topological polar surface area (TPSA) is 169 Å². The largest absolute Gasteiger partial charge is 0.479 e. The molecule has 1 aliphatic rings. The number of carboxylic acid groups (broad SMARTS) is 1. The summed E-state index contributed by atoms with van der Waals surface area (Å²) in [5.74, 6) is -3.65. The van der Waals surface area contributed by atoms with Crippen LogP contribution < -0.4 is 5.32 Å². The summed E-state index contributed by atoms with van der Waals surface area (Å²) in [6.07, 6.45) is -6.47. The van der Waals surface area contributed by atoms with Gasteiger partial charge in [-0.3, -0.25) is 14.4 Å². The molecule has 1 saturated heterocycles. The molecule has 1 aliphatic heterocycles. The zero-order valence-corrected chi connectivity index (χ0v) is 14.8. The van der Waals surface area contributed by atoms with Gasteiger partial charge < -0.3 is 34.8 Å². The van der Waals surface area contributed by atoms with Gasteiger partial charge in [-0.05, 0) is 13.8 Å². The van der Waals surface area contributed by atoms with Crippen molar-refractivity contribution in [1.29, 1.82) is 0 Å². The summed E-state index contributed by atoms with van der Waals surface area (Å²) in [6, 6.07) is -1.45. The third kappa shape index (κ3) is 4.75. The number of nitrogens with one attached hydrogen (secondary N) is 1. The summed E-state index contributed by atoms with van der Waals surface area (Å²) in [7, 11) is 0. The number of Topliss-reactive ketones (excluding diaryl/α,β-unsaturated/α-hetero) is 1. The molecule has 1 amide bonds. The Hall–Kier alpha value is -2.08. The number of carboxylic acids is 1. The molecular formula is C15H23NO10. The molecule has 1 fully saturated rings. The van der Waals surface area contributed by atoms with E-state index < -0.39 is 66.5 Å². The Balaban J connectivity index is 3.33. The first-order valence-electron chi connectivity index (χ1n) is 7.76. The van der Waals surface area contributed by atoms with Gasteiger partial charge in [-0.15, -0.1) is 0 Å². The van der Waals surface area contributed by atoms with Gasteiger partial charge in [-0.25, -0.2) is 4.79 Å². The Morgan fingerprint density at radius 3 is 2.23 bits per heavy atom. The van der Waals surface area contributed by atoms with Crippen LogP contribution in [0.25, 0.3) is 0 Å². The van der Waals surface area contributed by atoms with Gasteiger partial charge in [0, 0.05) is 13.8 Å². The van der Waals surface area contributed by atoms with E-state index in [9.17, 15) is 29.4 Å². The van der Waals surface area contributed by atoms with E-state index in [4.69, 9.17) is 19.3 Å². The molecule has 26 heavy (non-hydrogen) atoms. The Bertz CT molecular complexity index is 579. The van der Waals surface area contributed by atoms with Crippen molar-refractivity contribution in [3.63, 3.8) is 0 Å². The van der Waals surface area contributed by atoms with Crippen LogP contribution >= 0.6 is 0 Å². The van der Waals surface area contributed by atoms with Gasteiger partial charge in [-0.2, -0.15) is 0 Å². The maximum Gasteiger partial charge on any atom is 0.332 e. The molecule has 6 atom stereocenters. The van der Waals surface area contributed by atoms with E-state index in [2.05, 4.69) is 5.32 Å². The Kier molecular flexibility index (Phi) is 7.21. The van der Waals surface area contributed by atoms with E-state index in [1.54, 1.807) is 0 Å². The monoisotopic (exact) mass is 377 g/mol. The van der Waals surface area contributed by atoms with Crippen LogP contribution in [0, 0.1) is 0 Å². The first-order chi connectivity index (χ1) is 11.9. The number of aliphatic hydroxyl groups is 2. The molecule has 0 radical (unpaired) electrons. The second kappa shape index (κ2) is 8.54. The number of esters is 1. The minimum Gasteiger partial charge on any atom is -0.479 e. The van der Waals surface area contributed by atoms with Crippen LogP contribution in [0.4, 0.5) is 0 Å². The number of rotatable bonds is 7. The van der Waals surface area contributed by atoms with Crippen LogP contribution in [0.3, 0.4) is 0 Å². The zero-order chi connectivity index (χ0) is 20.2. The summed E-state index contributed by atoms with van der Waals surface area (Å²) >= 11 is 0. The van der Waals surface area contributed by atoms with E-state index in [-0.39, 0.29) is 0 Å². The SMILES string of the molecule is CC(=O)N[C@H]1C(O)O[C@H](COC(C)=O)[C@](O)(C(C)=O)[C@@H]1O[C@H](C)C(=O)O. The van der Waals surface area contributed by atoms with Crippen molar-refractivity contribution in [2.45, 2.75) is 63.9 Å². The minimum atomic E-state index is -2.49. The zero-order valence-electron chi connectivity index (χ0n) is 14.8. The molecule has 0 spiro atoms. The average molecular weight is 377 g/mol. The molecule has 0 aromatic carbocycles. The smallest absolute Gasteiger partial charge is 0.332 e. The average Bonchev–Trinajstić information content (AvgIpc) is 2.51. The van der Waals surface area contributed by atoms with E-state index in [1.165, 1.54) is 0 Å². The molecule has 1 rings (SSSR count). The Labute approximate surface area is 149 Å². The van der Waals surface area contributed by atoms with E-state index in [0.717, 1.165) is 27.7 Å². The number of ether oxygens (including phenoxy) is 3. The van der Waals surface area contributed by atoms with Crippen molar-refractivity contribution < 1.29 is 48.7 Å². The maximum atomic E-state index is 12.2. The van der Waals surface area contributed by atoms with Crippen LogP contribution in [-0.4, -0.2) is 81.8 Å². The van der Waals surface area contributed by atoms with Gasteiger partial charge in [-0.1, -0.05) is 0 Å². The molecule has 0 bridgehead atoms. The van der Waals surface area contributed by atoms with Crippen LogP contribution in [0.15, 0.2) is 0 Å². The number of aliphatic hydroxyl groups excluding tert-OH is 1. The van der Waals surface area contributed by atoms with Crippen LogP contribution in [-0.2, 0) is 33.4 Å². The molecule has 0 aromatic heterocycles. The van der Waals surface area contributed by atoms with Crippen molar-refractivity contribution >= 4 is 23.6 Å². The van der Waals surface area contributed by atoms with Crippen molar-refractivity contribution in [3.05, 3.63) is 0 Å². The number of hydrogen-bond acceptors (Lipinski definition) is 9. The molecule has 11 nitrogen and oxygen atoms in total. The lowest BCUT2D eigenvalue weighted by Crippen LogP contribution is -2.74. The third-order valence-corrected chi connectivity index (χ3v) is 3.93. The highest BCUT2D eigenvalue weighted by atomic mass is 16.6. The lowest BCUT2D eigenvalue weighted by Gasteiger charge is -2.49. The highest BCUT2D eigenvalue weighted by Gasteiger charge is 2.60. The molecule has 148 valence electrons. The van der Waals surface area contributed by atoms with Crippen molar-refractivity contribution in [2.24, 2.45) is 0 Å². The fraction of sp³-hybridized carbons (Fsp3) is 0.733. The van der Waals surface area contributed by atoms with Crippen LogP contribution in [0.1, 0.15) is 27.7 Å². The Morgan fingerprint density at radius 2 is 1.81 bits per heavy atom. The number of carbonyl (C=O) groups excluding carboxylic acids is 3. The summed E-state index contributed by atoms with van der Waals surface area (Å²) in [4.78, 5) is 45.8. The summed E-state index contributed by atoms with van der Waals surface area (Å²) < 4.78 is 15.2. The first kappa shape index (κ1) is 22.0. The number of aliphatic carboxylic acids is 1. The summed E-state index contributed by atoms with van der Waals surface area (Å²) in [5, 5.41) is 32.5. The normalized spacial score (nSPS) is 32.4. The molecule has 1 heterocycles. The highest BCUT2D eigenvalue weighted by molar-refractivity contribution is 5.87. The third-order valence-electron chi connectivity index (χ3n) is 3.93. The summed E-state index contributed by atoms with van der Waals surface area (Å²) in [5.41, 5.74) is -2.49. The molecule has 4 N–H and O–H groups in total. The number of amides is 1. The predicted octanol–water partition coefficient (Wildman–Crippen LogP) is -2.05. The van der Waals surface area contributed by atoms with Gasteiger partial charge in [0.1, 0.15) is 24.9 Å². The quantitative estimate of drug-likeness (QED) is 0.362. The van der Waals surface area contributed by atoms with Crippen molar-refractivity contribution in [2.75, 3.05) is 6.61 Å². The lowest BCUT2D eigenvalue weighted by molar-refractivity contribution is -0.295. The summed E-state index contributed by atoms with van der Waals surface area (Å²) in [6.45, 7) is 3.75. The molecule has 0 aromatic rings. The van der Waals surface area contributed by atoms with Crippen molar-refractivity contribution in [1.82, 2.24) is 5.32 Å². The molecular weight excluding hydrogens is 354 g/mol. The molecule has 11 heteroatoms. The van der Waals surface area contributed by atoms with Gasteiger partial charge in [0.05, 0.1) is 0 Å². The number of carbonyl (C=O) groups is 4. The van der Waals surface area contributed by atoms with E-state index in [0.29, 0.717) is 0 Å². The van der Waals surface area contributed by atoms with Gasteiger partial charge in [0.15, 0.2) is 23.8 Å². The van der Waals surface area contributed by atoms with Gasteiger partial charge in [0.25, 0.3) is 0 Å². The second-order valence-corrected chi connectivity index (χ2v) is 5.96. The van der Waals surface area contributed by atoms with Gasteiger partial charge in [0.2, 0.25) is 5.91 Å². The predicted molar refractivity (Wildman–Crippen MR) is 82.7 cm³/mol. The maximum absolute atomic E-state index is 12.2. The first-order valence-corrected chi connectivity index (χ1v) is 7.76. The highest BCUT2D eigenvalue weighted by Crippen LogP contribution is 2.33. The minimum absolute atomic E-state index is 0.601. The second-order valence-electron chi connectivity index (χ2n) is 5.96. The van der Waals surface area contributed by atoms with Crippen LogP contribution in [0.5, 0.6) is 0 Å². The number of hydrogen-bond donors (Lipinski definition) is 4. The lowest BCUT2D eigenvalue weighted by atomic mass is 9.80. The van der Waals surface area contributed by atoms with E-state index in [1.807, 2.05) is 0 Å². The van der Waals surface area contributed by atoms with Crippen LogP contribution in [0.2, 0.25) is 0 Å². The fourth-order valence-electron chi connectivity index (χ4n) is 2.60. The van der Waals surface area contributed by atoms with Crippen molar-refractivity contribution in [3.8, 4) is 0 Å². The number of ketones is 1. The fourth-order valence-corrected chi connectivity index (χ4v) is 2.60. The molecule has 1 unspecified atom stereocenters. The molecule has 0 saturated carbocycles. The standard InChI is InChI=1S/C15H23NO10/c1-6(13(20)21)25-12-11(16-8(3)18)14(22)26-10(5-24-9(4)19)15(12,23)7(2)17/h6,10-12,14,22-23H,5H2,1-4H3,(H,16,18)(H,20,21)/t6-,10-,11-,12-,14?,15-/m1/s1. The molecule has 0 aliphatic carbocycles.